The van der Waals surface area contributed by atoms with Crippen molar-refractivity contribution < 1.29 is 22.4 Å². The van der Waals surface area contributed by atoms with Crippen molar-refractivity contribution in [3.8, 4) is 0 Å². The summed E-state index contributed by atoms with van der Waals surface area (Å²) in [6.07, 6.45) is 1.18. The van der Waals surface area contributed by atoms with E-state index in [1.165, 1.54) is 23.1 Å². The molecule has 1 unspecified atom stereocenters. The topological polar surface area (TPSA) is 86.8 Å². The highest BCUT2D eigenvalue weighted by atomic mass is 79.9. The number of nitrogens with zero attached hydrogens (tertiary/aromatic N) is 2. The zero-order valence-corrected chi connectivity index (χ0v) is 24.6. The Hall–Kier alpha value is -3.24. The second-order valence-corrected chi connectivity index (χ2v) is 12.6. The molecule has 208 valence electrons. The maximum absolute atomic E-state index is 14.0. The molecule has 3 aromatic rings. The van der Waals surface area contributed by atoms with E-state index in [-0.39, 0.29) is 30.5 Å². The van der Waals surface area contributed by atoms with E-state index in [0.29, 0.717) is 6.54 Å². The van der Waals surface area contributed by atoms with Gasteiger partial charge in [-0.15, -0.1) is 0 Å². The molecule has 10 heteroatoms. The molecule has 7 nitrogen and oxygen atoms in total. The number of carbonyl (C=O) groups is 2. The van der Waals surface area contributed by atoms with E-state index in [0.717, 1.165) is 32.2 Å². The lowest BCUT2D eigenvalue weighted by Crippen LogP contribution is -2.53. The van der Waals surface area contributed by atoms with Crippen molar-refractivity contribution in [1.82, 2.24) is 10.2 Å². The molecule has 0 spiro atoms. The fraction of sp³-hybridized carbons (Fsp3) is 0.310. The summed E-state index contributed by atoms with van der Waals surface area (Å²) in [5.74, 6) is -1.37. The first-order chi connectivity index (χ1) is 18.4. The van der Waals surface area contributed by atoms with Crippen LogP contribution in [-0.4, -0.2) is 50.5 Å². The Labute approximate surface area is 238 Å². The highest BCUT2D eigenvalue weighted by Gasteiger charge is 2.33. The molecule has 3 rings (SSSR count). The molecule has 0 bridgehead atoms. The molecule has 0 heterocycles. The van der Waals surface area contributed by atoms with Gasteiger partial charge in [-0.05, 0) is 47.4 Å². The van der Waals surface area contributed by atoms with Gasteiger partial charge in [0, 0.05) is 24.0 Å². The summed E-state index contributed by atoms with van der Waals surface area (Å²) in [6.45, 7) is 3.83. The van der Waals surface area contributed by atoms with Crippen molar-refractivity contribution in [1.29, 1.82) is 0 Å². The molecule has 1 atom stereocenters. The number of sulfonamides is 1. The van der Waals surface area contributed by atoms with E-state index in [9.17, 15) is 22.4 Å². The number of hydrogen-bond acceptors (Lipinski definition) is 4. The van der Waals surface area contributed by atoms with Crippen LogP contribution in [0.1, 0.15) is 25.0 Å². The van der Waals surface area contributed by atoms with Crippen molar-refractivity contribution in [2.24, 2.45) is 5.92 Å². The van der Waals surface area contributed by atoms with E-state index < -0.39 is 34.3 Å². The quantitative estimate of drug-likeness (QED) is 0.317. The van der Waals surface area contributed by atoms with Gasteiger partial charge in [0.1, 0.15) is 18.4 Å². The minimum Gasteiger partial charge on any atom is -0.354 e. The van der Waals surface area contributed by atoms with Gasteiger partial charge in [0.25, 0.3) is 0 Å². The first-order valence-corrected chi connectivity index (χ1v) is 15.2. The minimum atomic E-state index is -3.96. The van der Waals surface area contributed by atoms with Gasteiger partial charge >= 0.3 is 0 Å². The second kappa shape index (κ2) is 13.7. The van der Waals surface area contributed by atoms with Crippen LogP contribution in [0.4, 0.5) is 10.1 Å². The Kier molecular flexibility index (Phi) is 10.7. The number of benzene rings is 3. The highest BCUT2D eigenvalue weighted by molar-refractivity contribution is 9.10. The Balaban J connectivity index is 2.05. The Morgan fingerprint density at radius 1 is 0.949 bits per heavy atom. The highest BCUT2D eigenvalue weighted by Crippen LogP contribution is 2.22. The zero-order valence-electron chi connectivity index (χ0n) is 22.2. The largest absolute Gasteiger partial charge is 0.354 e. The van der Waals surface area contributed by atoms with Crippen molar-refractivity contribution in [3.63, 3.8) is 0 Å². The summed E-state index contributed by atoms with van der Waals surface area (Å²) in [7, 11) is -3.96. The van der Waals surface area contributed by atoms with Gasteiger partial charge in [-0.25, -0.2) is 12.8 Å². The van der Waals surface area contributed by atoms with Crippen molar-refractivity contribution in [3.05, 3.63) is 100 Å². The maximum atomic E-state index is 14.0. The smallest absolute Gasteiger partial charge is 0.244 e. The van der Waals surface area contributed by atoms with Gasteiger partial charge < -0.3 is 10.2 Å². The number of rotatable bonds is 12. The molecule has 0 radical (unpaired) electrons. The fourth-order valence-electron chi connectivity index (χ4n) is 4.05. The van der Waals surface area contributed by atoms with Crippen LogP contribution in [0.25, 0.3) is 0 Å². The van der Waals surface area contributed by atoms with Crippen LogP contribution < -0.4 is 9.62 Å². The third-order valence-corrected chi connectivity index (χ3v) is 7.61. The van der Waals surface area contributed by atoms with Gasteiger partial charge in [0.15, 0.2) is 0 Å². The molecule has 0 aliphatic rings. The number of nitrogens with one attached hydrogen (secondary N) is 1. The number of hydrogen-bond donors (Lipinski definition) is 1. The number of anilines is 1. The number of carbonyl (C=O) groups excluding carboxylic acids is 2. The van der Waals surface area contributed by atoms with E-state index >= 15 is 0 Å². The lowest BCUT2D eigenvalue weighted by Gasteiger charge is -2.33. The fourth-order valence-corrected chi connectivity index (χ4v) is 5.34. The monoisotopic (exact) mass is 617 g/mol. The normalized spacial score (nSPS) is 12.2. The first kappa shape index (κ1) is 30.3. The maximum Gasteiger partial charge on any atom is 0.244 e. The molecule has 39 heavy (non-hydrogen) atoms. The van der Waals surface area contributed by atoms with E-state index in [2.05, 4.69) is 21.2 Å². The van der Waals surface area contributed by atoms with Crippen LogP contribution >= 0.6 is 15.9 Å². The average Bonchev–Trinajstić information content (AvgIpc) is 2.87. The summed E-state index contributed by atoms with van der Waals surface area (Å²) >= 11 is 3.45. The summed E-state index contributed by atoms with van der Waals surface area (Å²) in [5.41, 5.74) is 1.63. The second-order valence-electron chi connectivity index (χ2n) is 9.75. The van der Waals surface area contributed by atoms with Gasteiger partial charge in [0.05, 0.1) is 11.9 Å². The van der Waals surface area contributed by atoms with Crippen LogP contribution in [0.3, 0.4) is 0 Å². The van der Waals surface area contributed by atoms with Crippen LogP contribution in [0.2, 0.25) is 0 Å². The first-order valence-electron chi connectivity index (χ1n) is 12.5. The average molecular weight is 619 g/mol. The van der Waals surface area contributed by atoms with E-state index in [1.54, 1.807) is 0 Å². The molecule has 1 N–H and O–H groups in total. The number of amides is 2. The van der Waals surface area contributed by atoms with E-state index in [1.807, 2.05) is 68.4 Å². The van der Waals surface area contributed by atoms with E-state index in [4.69, 9.17) is 0 Å². The molecule has 0 saturated carbocycles. The molecule has 0 aromatic heterocycles. The standard InChI is InChI=1S/C29H33BrFN3O4S/c1-21(2)18-32-29(36)27(16-22-9-5-4-6-10-22)33(19-23-11-7-12-24(30)15-23)28(35)20-34(39(3,37)38)26-14-8-13-25(31)17-26/h4-15,17,21,27H,16,18-20H2,1-3H3,(H,32,36). The van der Waals surface area contributed by atoms with Crippen LogP contribution in [0.15, 0.2) is 83.3 Å². The molecule has 0 aliphatic carbocycles. The van der Waals surface area contributed by atoms with Crippen molar-refractivity contribution in [2.75, 3.05) is 23.7 Å². The summed E-state index contributed by atoms with van der Waals surface area (Å²) in [6, 6.07) is 20.8. The molecule has 2 amide bonds. The van der Waals surface area contributed by atoms with Gasteiger partial charge in [-0.1, -0.05) is 78.3 Å². The minimum absolute atomic E-state index is 0.0251. The third kappa shape index (κ3) is 9.18. The predicted octanol–water partition coefficient (Wildman–Crippen LogP) is 4.77. The predicted molar refractivity (Wildman–Crippen MR) is 155 cm³/mol. The van der Waals surface area contributed by atoms with Crippen LogP contribution in [-0.2, 0) is 32.6 Å². The molecule has 3 aromatic carbocycles. The summed E-state index contributed by atoms with van der Waals surface area (Å²) in [5, 5.41) is 2.93. The molecule has 0 fully saturated rings. The molecular formula is C29H33BrFN3O4S. The van der Waals surface area contributed by atoms with Crippen molar-refractivity contribution in [2.45, 2.75) is 32.9 Å². The Bertz CT molecular complexity index is 1390. The van der Waals surface area contributed by atoms with Gasteiger partial charge in [0.2, 0.25) is 21.8 Å². The summed E-state index contributed by atoms with van der Waals surface area (Å²) < 4.78 is 41.1. The number of halogens is 2. The van der Waals surface area contributed by atoms with Crippen molar-refractivity contribution >= 4 is 43.5 Å². The third-order valence-electron chi connectivity index (χ3n) is 5.97. The van der Waals surface area contributed by atoms with Gasteiger partial charge in [-0.2, -0.15) is 0 Å². The SMILES string of the molecule is CC(C)CNC(=O)C(Cc1ccccc1)N(Cc1cccc(Br)c1)C(=O)CN(c1cccc(F)c1)S(C)(=O)=O. The lowest BCUT2D eigenvalue weighted by atomic mass is 10.0. The van der Waals surface area contributed by atoms with Crippen LogP contribution in [0.5, 0.6) is 0 Å². The molecule has 0 saturated heterocycles. The molecular weight excluding hydrogens is 585 g/mol. The Morgan fingerprint density at radius 2 is 1.62 bits per heavy atom. The lowest BCUT2D eigenvalue weighted by molar-refractivity contribution is -0.140. The summed E-state index contributed by atoms with van der Waals surface area (Å²) in [4.78, 5) is 28.9. The van der Waals surface area contributed by atoms with Gasteiger partial charge in [-0.3, -0.25) is 13.9 Å². The molecule has 0 aliphatic heterocycles. The zero-order chi connectivity index (χ0) is 28.6. The van der Waals surface area contributed by atoms with Crippen LogP contribution in [0, 0.1) is 11.7 Å². The Morgan fingerprint density at radius 3 is 2.23 bits per heavy atom.